The molecule has 0 radical (unpaired) electrons. The van der Waals surface area contributed by atoms with E-state index in [2.05, 4.69) is 0 Å². The second kappa shape index (κ2) is 3.98. The van der Waals surface area contributed by atoms with Gasteiger partial charge in [0.1, 0.15) is 11.8 Å². The molecule has 0 aliphatic heterocycles. The molecule has 0 fully saturated rings. The van der Waals surface area contributed by atoms with E-state index in [1.54, 1.807) is 0 Å². The van der Waals surface area contributed by atoms with Gasteiger partial charge in [-0.05, 0) is 17.7 Å². The molecule has 6 heteroatoms. The van der Waals surface area contributed by atoms with Gasteiger partial charge in [-0.15, -0.1) is 0 Å². The molecule has 1 atom stereocenters. The molecule has 0 saturated carbocycles. The fourth-order valence-corrected chi connectivity index (χ4v) is 1.14. The van der Waals surface area contributed by atoms with Crippen molar-refractivity contribution in [3.63, 3.8) is 0 Å². The molecule has 0 unspecified atom stereocenters. The smallest absolute Gasteiger partial charge is 0.407 e. The number of anilines is 1. The fourth-order valence-electron chi connectivity index (χ4n) is 1.14. The first-order valence-electron chi connectivity index (χ1n) is 4.12. The molecule has 0 bridgehead atoms. The second-order valence-corrected chi connectivity index (χ2v) is 3.02. The van der Waals surface area contributed by atoms with Gasteiger partial charge in [0.05, 0.1) is 12.8 Å². The van der Waals surface area contributed by atoms with Crippen LogP contribution in [0.25, 0.3) is 0 Å². The summed E-state index contributed by atoms with van der Waals surface area (Å²) in [6.45, 7) is 0. The van der Waals surface area contributed by atoms with Crippen LogP contribution in [0.2, 0.25) is 0 Å². The Balaban J connectivity index is 3.02. The number of alkyl halides is 3. The lowest BCUT2D eigenvalue weighted by Gasteiger charge is -2.16. The molecule has 1 aromatic rings. The Labute approximate surface area is 84.8 Å². The zero-order chi connectivity index (χ0) is 11.6. The van der Waals surface area contributed by atoms with Gasteiger partial charge in [0.25, 0.3) is 0 Å². The van der Waals surface area contributed by atoms with Crippen LogP contribution in [0.1, 0.15) is 11.6 Å². The lowest BCUT2D eigenvalue weighted by Crippen LogP contribution is -2.28. The summed E-state index contributed by atoms with van der Waals surface area (Å²) >= 11 is 0. The number of ether oxygens (including phenoxy) is 1. The Morgan fingerprint density at radius 3 is 2.33 bits per heavy atom. The highest BCUT2D eigenvalue weighted by atomic mass is 19.4. The molecule has 15 heavy (non-hydrogen) atoms. The molecule has 0 aromatic heterocycles. The average Bonchev–Trinajstić information content (AvgIpc) is 2.15. The Morgan fingerprint density at radius 2 is 1.93 bits per heavy atom. The molecule has 4 N–H and O–H groups in total. The summed E-state index contributed by atoms with van der Waals surface area (Å²) in [7, 11) is 1.38. The van der Waals surface area contributed by atoms with Gasteiger partial charge in [0.2, 0.25) is 0 Å². The van der Waals surface area contributed by atoms with Crippen molar-refractivity contribution in [2.45, 2.75) is 12.2 Å². The first-order valence-corrected chi connectivity index (χ1v) is 4.12. The highest BCUT2D eigenvalue weighted by molar-refractivity contribution is 5.54. The summed E-state index contributed by atoms with van der Waals surface area (Å²) in [4.78, 5) is 0. The van der Waals surface area contributed by atoms with Crippen molar-refractivity contribution in [3.8, 4) is 5.75 Å². The third kappa shape index (κ3) is 2.53. The number of benzene rings is 1. The van der Waals surface area contributed by atoms with Gasteiger partial charge < -0.3 is 16.2 Å². The standard InChI is InChI=1S/C9H11F3N2O/c1-15-7-3-2-5(4-6(7)13)8(14)9(10,11)12/h2-4,8H,13-14H2,1H3/t8-/m1/s1. The molecule has 0 heterocycles. The summed E-state index contributed by atoms with van der Waals surface area (Å²) in [5.41, 5.74) is 10.5. The van der Waals surface area contributed by atoms with Crippen LogP contribution in [0, 0.1) is 0 Å². The maximum Gasteiger partial charge on any atom is 0.407 e. The molecule has 0 aliphatic rings. The molecule has 1 aromatic carbocycles. The van der Waals surface area contributed by atoms with E-state index >= 15 is 0 Å². The fraction of sp³-hybridized carbons (Fsp3) is 0.333. The minimum absolute atomic E-state index is 0.0826. The van der Waals surface area contributed by atoms with Crippen LogP contribution in [0.4, 0.5) is 18.9 Å². The number of nitrogen functional groups attached to an aromatic ring is 1. The van der Waals surface area contributed by atoms with E-state index in [0.29, 0.717) is 5.75 Å². The highest BCUT2D eigenvalue weighted by Gasteiger charge is 2.37. The first kappa shape index (κ1) is 11.6. The van der Waals surface area contributed by atoms with Crippen LogP contribution in [0.15, 0.2) is 18.2 Å². The summed E-state index contributed by atoms with van der Waals surface area (Å²) in [5.74, 6) is 0.327. The predicted octanol–water partition coefficient (Wildman–Crippen LogP) is 1.84. The van der Waals surface area contributed by atoms with E-state index in [9.17, 15) is 13.2 Å². The lowest BCUT2D eigenvalue weighted by molar-refractivity contribution is -0.149. The van der Waals surface area contributed by atoms with Crippen molar-refractivity contribution >= 4 is 5.69 Å². The highest BCUT2D eigenvalue weighted by Crippen LogP contribution is 2.33. The van der Waals surface area contributed by atoms with Crippen molar-refractivity contribution in [2.75, 3.05) is 12.8 Å². The van der Waals surface area contributed by atoms with Crippen LogP contribution in [0.3, 0.4) is 0 Å². The molecule has 0 spiro atoms. The van der Waals surface area contributed by atoms with Gasteiger partial charge in [0, 0.05) is 0 Å². The Morgan fingerprint density at radius 1 is 1.33 bits per heavy atom. The third-order valence-corrected chi connectivity index (χ3v) is 1.97. The van der Waals surface area contributed by atoms with E-state index in [1.807, 2.05) is 0 Å². The summed E-state index contributed by atoms with van der Waals surface area (Å²) in [6, 6.07) is 1.74. The first-order chi connectivity index (χ1) is 6.86. The van der Waals surface area contributed by atoms with Crippen molar-refractivity contribution < 1.29 is 17.9 Å². The summed E-state index contributed by atoms with van der Waals surface area (Å²) < 4.78 is 41.6. The molecular formula is C9H11F3N2O. The maximum atomic E-state index is 12.3. The molecule has 0 aliphatic carbocycles. The number of methoxy groups -OCH3 is 1. The normalized spacial score (nSPS) is 13.7. The molecule has 84 valence electrons. The van der Waals surface area contributed by atoms with E-state index in [-0.39, 0.29) is 11.3 Å². The van der Waals surface area contributed by atoms with E-state index < -0.39 is 12.2 Å². The number of halogens is 3. The molecule has 1 rings (SSSR count). The maximum absolute atomic E-state index is 12.3. The van der Waals surface area contributed by atoms with Gasteiger partial charge in [-0.3, -0.25) is 0 Å². The predicted molar refractivity (Wildman–Crippen MR) is 50.4 cm³/mol. The molecule has 3 nitrogen and oxygen atoms in total. The van der Waals surface area contributed by atoms with Gasteiger partial charge >= 0.3 is 6.18 Å². The number of hydrogen-bond acceptors (Lipinski definition) is 3. The Hall–Kier alpha value is -1.43. The zero-order valence-corrected chi connectivity index (χ0v) is 8.01. The van der Waals surface area contributed by atoms with E-state index in [1.165, 1.54) is 19.2 Å². The van der Waals surface area contributed by atoms with Crippen LogP contribution in [-0.2, 0) is 0 Å². The molecular weight excluding hydrogens is 209 g/mol. The quantitative estimate of drug-likeness (QED) is 0.747. The van der Waals surface area contributed by atoms with E-state index in [4.69, 9.17) is 16.2 Å². The van der Waals surface area contributed by atoms with Crippen LogP contribution < -0.4 is 16.2 Å². The zero-order valence-electron chi connectivity index (χ0n) is 8.01. The number of rotatable bonds is 2. The second-order valence-electron chi connectivity index (χ2n) is 3.02. The average molecular weight is 220 g/mol. The van der Waals surface area contributed by atoms with Crippen molar-refractivity contribution in [1.82, 2.24) is 0 Å². The Bertz CT molecular complexity index is 352. The summed E-state index contributed by atoms with van der Waals surface area (Å²) in [6.07, 6.45) is -4.47. The van der Waals surface area contributed by atoms with Gasteiger partial charge in [-0.25, -0.2) is 0 Å². The largest absolute Gasteiger partial charge is 0.495 e. The van der Waals surface area contributed by atoms with Crippen molar-refractivity contribution in [3.05, 3.63) is 23.8 Å². The molecule has 0 saturated heterocycles. The van der Waals surface area contributed by atoms with Crippen molar-refractivity contribution in [2.24, 2.45) is 5.73 Å². The number of nitrogens with two attached hydrogens (primary N) is 2. The minimum Gasteiger partial charge on any atom is -0.495 e. The van der Waals surface area contributed by atoms with Crippen molar-refractivity contribution in [1.29, 1.82) is 0 Å². The van der Waals surface area contributed by atoms with Gasteiger partial charge in [0.15, 0.2) is 0 Å². The van der Waals surface area contributed by atoms with E-state index in [0.717, 1.165) is 6.07 Å². The molecule has 0 amide bonds. The topological polar surface area (TPSA) is 61.3 Å². The van der Waals surface area contributed by atoms with Gasteiger partial charge in [-0.1, -0.05) is 6.07 Å². The van der Waals surface area contributed by atoms with Gasteiger partial charge in [-0.2, -0.15) is 13.2 Å². The third-order valence-electron chi connectivity index (χ3n) is 1.97. The Kier molecular flexibility index (Phi) is 3.09. The van der Waals surface area contributed by atoms with Crippen LogP contribution in [0.5, 0.6) is 5.75 Å². The lowest BCUT2D eigenvalue weighted by atomic mass is 10.1. The SMILES string of the molecule is COc1ccc([C@@H](N)C(F)(F)F)cc1N. The minimum atomic E-state index is -4.47. The monoisotopic (exact) mass is 220 g/mol. The van der Waals surface area contributed by atoms with Crippen LogP contribution in [-0.4, -0.2) is 13.3 Å². The number of hydrogen-bond donors (Lipinski definition) is 2. The van der Waals surface area contributed by atoms with Crippen LogP contribution >= 0.6 is 0 Å². The summed E-state index contributed by atoms with van der Waals surface area (Å²) in [5, 5.41) is 0.